The molecule has 0 aliphatic rings. The van der Waals surface area contributed by atoms with Crippen LogP contribution in [0.25, 0.3) is 0 Å². The largest absolute Gasteiger partial charge is 0.491 e. The number of rotatable bonds is 2. The van der Waals surface area contributed by atoms with E-state index >= 15 is 0 Å². The normalized spacial score (nSPS) is 9.73. The van der Waals surface area contributed by atoms with Crippen LogP contribution in [0.2, 0.25) is 5.02 Å². The Labute approximate surface area is 69.7 Å². The van der Waals surface area contributed by atoms with E-state index in [2.05, 4.69) is 0 Å². The topological polar surface area (TPSA) is 9.23 Å². The maximum absolute atomic E-state index is 12.9. The molecular weight excluding hydrogens is 167 g/mol. The number of ether oxygens (including phenoxy) is 1. The maximum atomic E-state index is 12.9. The Morgan fingerprint density at radius 1 is 1.55 bits per heavy atom. The van der Waals surface area contributed by atoms with Crippen molar-refractivity contribution in [2.75, 3.05) is 6.61 Å². The van der Waals surface area contributed by atoms with Crippen molar-refractivity contribution in [1.82, 2.24) is 0 Å². The third-order valence-electron chi connectivity index (χ3n) is 1.22. The third-order valence-corrected chi connectivity index (χ3v) is 1.51. The van der Waals surface area contributed by atoms with Gasteiger partial charge in [0.1, 0.15) is 0 Å². The highest BCUT2D eigenvalue weighted by Crippen LogP contribution is 2.23. The average Bonchev–Trinajstić information content (AvgIpc) is 1.99. The monoisotopic (exact) mass is 174 g/mol. The number of hydrogen-bond donors (Lipinski definition) is 0. The lowest BCUT2D eigenvalue weighted by atomic mass is 10.3. The van der Waals surface area contributed by atoms with E-state index in [1.807, 2.05) is 0 Å². The van der Waals surface area contributed by atoms with Gasteiger partial charge in [-0.1, -0.05) is 17.7 Å². The standard InChI is InChI=1S/C8H8ClFO/c1-2-11-7-5-3-4-6(9)8(7)10/h3-5H,2H2,1H3. The predicted molar refractivity (Wildman–Crippen MR) is 42.6 cm³/mol. The summed E-state index contributed by atoms with van der Waals surface area (Å²) in [5.74, 6) is -0.281. The third kappa shape index (κ3) is 1.84. The number of hydrogen-bond acceptors (Lipinski definition) is 1. The summed E-state index contributed by atoms with van der Waals surface area (Å²) >= 11 is 5.49. The van der Waals surface area contributed by atoms with Gasteiger partial charge in [0.2, 0.25) is 0 Å². The number of halogens is 2. The fourth-order valence-corrected chi connectivity index (χ4v) is 0.917. The van der Waals surface area contributed by atoms with Crippen molar-refractivity contribution in [1.29, 1.82) is 0 Å². The molecule has 0 aromatic heterocycles. The van der Waals surface area contributed by atoms with E-state index < -0.39 is 5.82 Å². The molecule has 0 spiro atoms. The predicted octanol–water partition coefficient (Wildman–Crippen LogP) is 2.88. The van der Waals surface area contributed by atoms with E-state index in [4.69, 9.17) is 16.3 Å². The maximum Gasteiger partial charge on any atom is 0.183 e. The summed E-state index contributed by atoms with van der Waals surface area (Å²) in [6.45, 7) is 2.23. The number of benzene rings is 1. The Morgan fingerprint density at radius 3 is 2.91 bits per heavy atom. The molecule has 0 N–H and O–H groups in total. The summed E-state index contributed by atoms with van der Waals surface area (Å²) in [5, 5.41) is 0.0935. The van der Waals surface area contributed by atoms with Crippen molar-refractivity contribution in [3.05, 3.63) is 29.0 Å². The zero-order valence-electron chi connectivity index (χ0n) is 6.10. The van der Waals surface area contributed by atoms with Gasteiger partial charge in [-0.2, -0.15) is 0 Å². The minimum absolute atomic E-state index is 0.0935. The van der Waals surface area contributed by atoms with Gasteiger partial charge < -0.3 is 4.74 Å². The highest BCUT2D eigenvalue weighted by Gasteiger charge is 2.05. The highest BCUT2D eigenvalue weighted by atomic mass is 35.5. The summed E-state index contributed by atoms with van der Waals surface area (Å²) in [6, 6.07) is 4.68. The average molecular weight is 175 g/mol. The molecule has 1 aromatic rings. The molecule has 0 heterocycles. The smallest absolute Gasteiger partial charge is 0.183 e. The molecule has 0 unspecified atom stereocenters. The minimum Gasteiger partial charge on any atom is -0.491 e. The molecule has 0 radical (unpaired) electrons. The molecule has 0 saturated carbocycles. The van der Waals surface area contributed by atoms with Crippen LogP contribution >= 0.6 is 11.6 Å². The van der Waals surface area contributed by atoms with Gasteiger partial charge in [-0.3, -0.25) is 0 Å². The van der Waals surface area contributed by atoms with Crippen LogP contribution in [0.1, 0.15) is 6.92 Å². The zero-order valence-corrected chi connectivity index (χ0v) is 6.86. The molecule has 1 rings (SSSR count). The molecule has 11 heavy (non-hydrogen) atoms. The van der Waals surface area contributed by atoms with E-state index in [-0.39, 0.29) is 10.8 Å². The van der Waals surface area contributed by atoms with Crippen molar-refractivity contribution >= 4 is 11.6 Å². The molecule has 0 bridgehead atoms. The Kier molecular flexibility index (Phi) is 2.71. The zero-order chi connectivity index (χ0) is 8.27. The Bertz CT molecular complexity index is 250. The van der Waals surface area contributed by atoms with Gasteiger partial charge in [0.25, 0.3) is 0 Å². The van der Waals surface area contributed by atoms with Crippen molar-refractivity contribution in [2.24, 2.45) is 0 Å². The minimum atomic E-state index is -0.490. The van der Waals surface area contributed by atoms with Gasteiger partial charge in [-0.15, -0.1) is 0 Å². The van der Waals surface area contributed by atoms with E-state index in [9.17, 15) is 4.39 Å². The van der Waals surface area contributed by atoms with Gasteiger partial charge in [0.15, 0.2) is 11.6 Å². The molecule has 1 aromatic carbocycles. The van der Waals surface area contributed by atoms with E-state index in [0.29, 0.717) is 6.61 Å². The van der Waals surface area contributed by atoms with Crippen LogP contribution in [0, 0.1) is 5.82 Å². The van der Waals surface area contributed by atoms with Gasteiger partial charge in [0.05, 0.1) is 11.6 Å². The Morgan fingerprint density at radius 2 is 2.27 bits per heavy atom. The van der Waals surface area contributed by atoms with E-state index in [1.54, 1.807) is 19.1 Å². The second-order valence-corrected chi connectivity index (χ2v) is 2.39. The lowest BCUT2D eigenvalue weighted by Gasteiger charge is -2.03. The molecule has 60 valence electrons. The first-order valence-corrected chi connectivity index (χ1v) is 3.70. The SMILES string of the molecule is CCOc1cccc(Cl)c1F. The molecule has 1 nitrogen and oxygen atoms in total. The van der Waals surface area contributed by atoms with Crippen molar-refractivity contribution in [3.63, 3.8) is 0 Å². The second-order valence-electron chi connectivity index (χ2n) is 1.98. The summed E-state index contributed by atoms with van der Waals surface area (Å²) < 4.78 is 17.9. The van der Waals surface area contributed by atoms with Crippen LogP contribution in [0.4, 0.5) is 4.39 Å². The first-order chi connectivity index (χ1) is 5.25. The van der Waals surface area contributed by atoms with Gasteiger partial charge in [0, 0.05) is 0 Å². The molecule has 0 saturated heterocycles. The quantitative estimate of drug-likeness (QED) is 0.670. The first-order valence-electron chi connectivity index (χ1n) is 3.32. The lowest BCUT2D eigenvalue weighted by molar-refractivity contribution is 0.321. The van der Waals surface area contributed by atoms with Gasteiger partial charge in [-0.25, -0.2) is 4.39 Å². The molecule has 0 amide bonds. The Balaban J connectivity index is 2.96. The van der Waals surface area contributed by atoms with E-state index in [1.165, 1.54) is 6.07 Å². The molecule has 0 aliphatic heterocycles. The highest BCUT2D eigenvalue weighted by molar-refractivity contribution is 6.30. The Hall–Kier alpha value is -0.760. The molecular formula is C8H8ClFO. The fraction of sp³-hybridized carbons (Fsp3) is 0.250. The van der Waals surface area contributed by atoms with Crippen molar-refractivity contribution in [3.8, 4) is 5.75 Å². The second kappa shape index (κ2) is 3.58. The lowest BCUT2D eigenvalue weighted by Crippen LogP contribution is -1.94. The molecule has 0 aliphatic carbocycles. The summed E-state index contributed by atoms with van der Waals surface area (Å²) in [6.07, 6.45) is 0. The van der Waals surface area contributed by atoms with Crippen LogP contribution in [-0.2, 0) is 0 Å². The molecule has 0 fully saturated rings. The summed E-state index contributed by atoms with van der Waals surface area (Å²) in [5.41, 5.74) is 0. The van der Waals surface area contributed by atoms with Crippen molar-refractivity contribution in [2.45, 2.75) is 6.92 Å². The fourth-order valence-electron chi connectivity index (χ4n) is 0.751. The van der Waals surface area contributed by atoms with Gasteiger partial charge in [-0.05, 0) is 19.1 Å². The molecule has 3 heteroatoms. The van der Waals surface area contributed by atoms with Crippen LogP contribution in [0.15, 0.2) is 18.2 Å². The van der Waals surface area contributed by atoms with Crippen LogP contribution < -0.4 is 4.74 Å². The van der Waals surface area contributed by atoms with Gasteiger partial charge >= 0.3 is 0 Å². The summed E-state index contributed by atoms with van der Waals surface area (Å²) in [7, 11) is 0. The summed E-state index contributed by atoms with van der Waals surface area (Å²) in [4.78, 5) is 0. The van der Waals surface area contributed by atoms with Crippen LogP contribution in [0.5, 0.6) is 5.75 Å². The first kappa shape index (κ1) is 8.34. The van der Waals surface area contributed by atoms with E-state index in [0.717, 1.165) is 0 Å². The van der Waals surface area contributed by atoms with Crippen LogP contribution in [-0.4, -0.2) is 6.61 Å². The van der Waals surface area contributed by atoms with Crippen molar-refractivity contribution < 1.29 is 9.13 Å². The van der Waals surface area contributed by atoms with Crippen LogP contribution in [0.3, 0.4) is 0 Å². The molecule has 0 atom stereocenters.